The van der Waals surface area contributed by atoms with Crippen molar-refractivity contribution < 1.29 is 14.3 Å². The van der Waals surface area contributed by atoms with E-state index in [4.69, 9.17) is 9.47 Å². The van der Waals surface area contributed by atoms with Crippen molar-refractivity contribution in [3.63, 3.8) is 0 Å². The van der Waals surface area contributed by atoms with Crippen LogP contribution in [0.4, 0.5) is 0 Å². The summed E-state index contributed by atoms with van der Waals surface area (Å²) in [5, 5.41) is 0. The molecule has 1 saturated heterocycles. The van der Waals surface area contributed by atoms with Crippen LogP contribution in [0.25, 0.3) is 0 Å². The lowest BCUT2D eigenvalue weighted by Gasteiger charge is -2.35. The van der Waals surface area contributed by atoms with Crippen LogP contribution in [-0.4, -0.2) is 49.1 Å². The topological polar surface area (TPSA) is 38.8 Å². The van der Waals surface area contributed by atoms with Crippen molar-refractivity contribution in [2.45, 2.75) is 38.8 Å². The molecule has 2 aliphatic rings. The van der Waals surface area contributed by atoms with E-state index in [2.05, 4.69) is 18.7 Å². The Kier molecular flexibility index (Phi) is 4.27. The first-order valence-electron chi connectivity index (χ1n) is 7.78. The van der Waals surface area contributed by atoms with Crippen LogP contribution < -0.4 is 4.74 Å². The molecule has 21 heavy (non-hydrogen) atoms. The van der Waals surface area contributed by atoms with Crippen LogP contribution in [0.2, 0.25) is 0 Å². The molecule has 0 radical (unpaired) electrons. The van der Waals surface area contributed by atoms with Crippen LogP contribution in [0.3, 0.4) is 0 Å². The number of rotatable bonds is 4. The fourth-order valence-corrected chi connectivity index (χ4v) is 3.02. The molecule has 0 amide bonds. The Morgan fingerprint density at radius 1 is 1.38 bits per heavy atom. The number of morpholine rings is 1. The average Bonchev–Trinajstić information content (AvgIpc) is 2.86. The normalized spacial score (nSPS) is 22.6. The predicted octanol–water partition coefficient (Wildman–Crippen LogP) is 2.30. The van der Waals surface area contributed by atoms with Gasteiger partial charge in [0.15, 0.2) is 5.78 Å². The Labute approximate surface area is 126 Å². The Balaban J connectivity index is 1.57. The van der Waals surface area contributed by atoms with Crippen molar-refractivity contribution in [3.05, 3.63) is 29.3 Å². The molecule has 1 aromatic rings. The highest BCUT2D eigenvalue weighted by molar-refractivity contribution is 6.00. The van der Waals surface area contributed by atoms with Gasteiger partial charge in [-0.2, -0.15) is 0 Å². The minimum absolute atomic E-state index is 0.121. The summed E-state index contributed by atoms with van der Waals surface area (Å²) in [6.45, 7) is 7.67. The van der Waals surface area contributed by atoms with Crippen molar-refractivity contribution in [2.75, 3.05) is 26.3 Å². The highest BCUT2D eigenvalue weighted by Gasteiger charge is 2.23. The SMILES string of the molecule is CC(C)N1CCOC(COc2ccc3c(c2)CCC3=O)C1. The second-order valence-corrected chi connectivity index (χ2v) is 6.13. The molecule has 4 nitrogen and oxygen atoms in total. The number of nitrogens with zero attached hydrogens (tertiary/aromatic N) is 1. The minimum Gasteiger partial charge on any atom is -0.491 e. The van der Waals surface area contributed by atoms with Gasteiger partial charge in [0.1, 0.15) is 18.5 Å². The lowest BCUT2D eigenvalue weighted by atomic mass is 10.1. The molecular weight excluding hydrogens is 266 g/mol. The first kappa shape index (κ1) is 14.5. The average molecular weight is 289 g/mol. The number of carbonyl (C=O) groups is 1. The number of carbonyl (C=O) groups excluding carboxylic acids is 1. The lowest BCUT2D eigenvalue weighted by molar-refractivity contribution is -0.0564. The Bertz CT molecular complexity index is 527. The van der Waals surface area contributed by atoms with Gasteiger partial charge in [0.25, 0.3) is 0 Å². The third kappa shape index (κ3) is 3.27. The summed E-state index contributed by atoms with van der Waals surface area (Å²) in [6.07, 6.45) is 1.59. The van der Waals surface area contributed by atoms with E-state index >= 15 is 0 Å². The summed E-state index contributed by atoms with van der Waals surface area (Å²) in [4.78, 5) is 14.0. The first-order chi connectivity index (χ1) is 10.1. The molecule has 4 heteroatoms. The fourth-order valence-electron chi connectivity index (χ4n) is 3.02. The molecule has 0 spiro atoms. The summed E-state index contributed by atoms with van der Waals surface area (Å²) in [7, 11) is 0. The number of benzene rings is 1. The summed E-state index contributed by atoms with van der Waals surface area (Å²) in [5.74, 6) is 1.09. The van der Waals surface area contributed by atoms with Crippen LogP contribution in [0.15, 0.2) is 18.2 Å². The maximum absolute atomic E-state index is 11.6. The third-order valence-electron chi connectivity index (χ3n) is 4.33. The summed E-state index contributed by atoms with van der Waals surface area (Å²) >= 11 is 0. The Morgan fingerprint density at radius 3 is 3.05 bits per heavy atom. The standard InChI is InChI=1S/C17H23NO3/c1-12(2)18-7-8-20-15(10-18)11-21-14-4-5-16-13(9-14)3-6-17(16)19/h4-5,9,12,15H,3,6-8,10-11H2,1-2H3. The van der Waals surface area contributed by atoms with Crippen LogP contribution in [0, 0.1) is 0 Å². The molecule has 1 atom stereocenters. The first-order valence-corrected chi connectivity index (χ1v) is 7.78. The van der Waals surface area contributed by atoms with E-state index in [0.29, 0.717) is 19.1 Å². The predicted molar refractivity (Wildman–Crippen MR) is 81.0 cm³/mol. The zero-order valence-corrected chi connectivity index (χ0v) is 12.8. The maximum Gasteiger partial charge on any atom is 0.163 e. The van der Waals surface area contributed by atoms with Crippen molar-refractivity contribution in [1.29, 1.82) is 0 Å². The molecule has 1 heterocycles. The van der Waals surface area contributed by atoms with Crippen LogP contribution in [0.5, 0.6) is 5.75 Å². The zero-order valence-electron chi connectivity index (χ0n) is 12.8. The van der Waals surface area contributed by atoms with Crippen molar-refractivity contribution in [3.8, 4) is 5.75 Å². The van der Waals surface area contributed by atoms with Gasteiger partial charge in [0, 0.05) is 31.1 Å². The van der Waals surface area contributed by atoms with Crippen LogP contribution in [0.1, 0.15) is 36.2 Å². The van der Waals surface area contributed by atoms with Gasteiger partial charge >= 0.3 is 0 Å². The number of fused-ring (bicyclic) bond motifs is 1. The van der Waals surface area contributed by atoms with Gasteiger partial charge in [0.2, 0.25) is 0 Å². The zero-order chi connectivity index (χ0) is 14.8. The highest BCUT2D eigenvalue weighted by atomic mass is 16.5. The molecule has 1 aromatic carbocycles. The monoisotopic (exact) mass is 289 g/mol. The van der Waals surface area contributed by atoms with E-state index in [1.165, 1.54) is 0 Å². The van der Waals surface area contributed by atoms with Crippen molar-refractivity contribution in [1.82, 2.24) is 4.90 Å². The third-order valence-corrected chi connectivity index (χ3v) is 4.33. The molecular formula is C17H23NO3. The fraction of sp³-hybridized carbons (Fsp3) is 0.588. The van der Waals surface area contributed by atoms with Crippen LogP contribution in [-0.2, 0) is 11.2 Å². The van der Waals surface area contributed by atoms with Gasteiger partial charge in [-0.05, 0) is 44.0 Å². The van der Waals surface area contributed by atoms with Crippen LogP contribution >= 0.6 is 0 Å². The lowest BCUT2D eigenvalue weighted by Crippen LogP contribution is -2.47. The Morgan fingerprint density at radius 2 is 2.24 bits per heavy atom. The van der Waals surface area contributed by atoms with Gasteiger partial charge in [0.05, 0.1) is 6.61 Å². The maximum atomic E-state index is 11.6. The summed E-state index contributed by atoms with van der Waals surface area (Å²) in [6, 6.07) is 6.33. The number of ketones is 1. The second kappa shape index (κ2) is 6.16. The molecule has 0 saturated carbocycles. The number of aryl methyl sites for hydroxylation is 1. The van der Waals surface area contributed by atoms with E-state index in [-0.39, 0.29) is 11.9 Å². The number of ether oxygens (including phenoxy) is 2. The quantitative estimate of drug-likeness (QED) is 0.852. The molecule has 0 bridgehead atoms. The van der Waals surface area contributed by atoms with Gasteiger partial charge < -0.3 is 9.47 Å². The molecule has 1 fully saturated rings. The molecule has 1 aliphatic carbocycles. The van der Waals surface area contributed by atoms with Crippen molar-refractivity contribution >= 4 is 5.78 Å². The van der Waals surface area contributed by atoms with E-state index in [0.717, 1.165) is 43.0 Å². The smallest absolute Gasteiger partial charge is 0.163 e. The highest BCUT2D eigenvalue weighted by Crippen LogP contribution is 2.26. The number of hydrogen-bond acceptors (Lipinski definition) is 4. The van der Waals surface area contributed by atoms with E-state index in [1.54, 1.807) is 0 Å². The second-order valence-electron chi connectivity index (χ2n) is 6.13. The molecule has 1 unspecified atom stereocenters. The Hall–Kier alpha value is -1.39. The van der Waals surface area contributed by atoms with Gasteiger partial charge in [-0.1, -0.05) is 0 Å². The van der Waals surface area contributed by atoms with Gasteiger partial charge in [-0.3, -0.25) is 9.69 Å². The van der Waals surface area contributed by atoms with E-state index in [1.807, 2.05) is 18.2 Å². The molecule has 3 rings (SSSR count). The van der Waals surface area contributed by atoms with E-state index in [9.17, 15) is 4.79 Å². The molecule has 0 N–H and O–H groups in total. The van der Waals surface area contributed by atoms with E-state index < -0.39 is 0 Å². The molecule has 114 valence electrons. The molecule has 0 aromatic heterocycles. The largest absolute Gasteiger partial charge is 0.491 e. The number of Topliss-reactive ketones (excluding diaryl/α,β-unsaturated/α-hetero) is 1. The number of hydrogen-bond donors (Lipinski definition) is 0. The van der Waals surface area contributed by atoms with Gasteiger partial charge in [-0.25, -0.2) is 0 Å². The van der Waals surface area contributed by atoms with Gasteiger partial charge in [-0.15, -0.1) is 0 Å². The summed E-state index contributed by atoms with van der Waals surface area (Å²) in [5.41, 5.74) is 1.98. The van der Waals surface area contributed by atoms with Crippen molar-refractivity contribution in [2.24, 2.45) is 0 Å². The minimum atomic E-state index is 0.121. The summed E-state index contributed by atoms with van der Waals surface area (Å²) < 4.78 is 11.6. The molecule has 1 aliphatic heterocycles.